The maximum atomic E-state index is 11.4. The summed E-state index contributed by atoms with van der Waals surface area (Å²) in [5, 5.41) is 12.1. The number of carboxylic acids is 1. The molecule has 1 saturated carbocycles. The molecule has 5 heteroatoms. The fourth-order valence-corrected chi connectivity index (χ4v) is 2.21. The highest BCUT2D eigenvalue weighted by molar-refractivity contribution is 5.98. The Hall–Kier alpha value is -2.04. The summed E-state index contributed by atoms with van der Waals surface area (Å²) in [5.41, 5.74) is 7.37. The maximum Gasteiger partial charge on any atom is 0.305 e. The lowest BCUT2D eigenvalue weighted by atomic mass is 10.0. The van der Waals surface area contributed by atoms with Gasteiger partial charge in [-0.3, -0.25) is 9.59 Å². The summed E-state index contributed by atoms with van der Waals surface area (Å²) in [4.78, 5) is 22.3. The molecule has 1 aromatic carbocycles. The largest absolute Gasteiger partial charge is 0.481 e. The van der Waals surface area contributed by atoms with Crippen LogP contribution in [0.15, 0.2) is 18.2 Å². The van der Waals surface area contributed by atoms with E-state index >= 15 is 0 Å². The first-order valence-electron chi connectivity index (χ1n) is 6.36. The van der Waals surface area contributed by atoms with Gasteiger partial charge < -0.3 is 16.2 Å². The molecule has 102 valence electrons. The molecule has 4 N–H and O–H groups in total. The molecule has 0 aliphatic heterocycles. The number of carbonyl (C=O) groups is 2. The molecule has 0 aromatic heterocycles. The van der Waals surface area contributed by atoms with Crippen molar-refractivity contribution in [3.8, 4) is 0 Å². The number of aliphatic carboxylic acids is 1. The quantitative estimate of drug-likeness (QED) is 0.728. The third-order valence-corrected chi connectivity index (χ3v) is 3.37. The second-order valence-corrected chi connectivity index (χ2v) is 5.10. The van der Waals surface area contributed by atoms with Gasteiger partial charge in [0.1, 0.15) is 0 Å². The highest BCUT2D eigenvalue weighted by Gasteiger charge is 2.33. The Bertz CT molecular complexity index is 509. The van der Waals surface area contributed by atoms with Crippen LogP contribution in [0.25, 0.3) is 0 Å². The average Bonchev–Trinajstić information content (AvgIpc) is 3.10. The number of amides is 1. The van der Waals surface area contributed by atoms with Gasteiger partial charge in [0, 0.05) is 11.7 Å². The van der Waals surface area contributed by atoms with Crippen LogP contribution in [-0.4, -0.2) is 23.0 Å². The van der Waals surface area contributed by atoms with Crippen LogP contribution in [0.3, 0.4) is 0 Å². The number of aryl methyl sites for hydroxylation is 1. The number of rotatable bonds is 6. The first-order chi connectivity index (χ1) is 8.97. The van der Waals surface area contributed by atoms with Gasteiger partial charge in [0.05, 0.1) is 12.0 Å². The predicted molar refractivity (Wildman–Crippen MR) is 72.1 cm³/mol. The van der Waals surface area contributed by atoms with Crippen LogP contribution >= 0.6 is 0 Å². The van der Waals surface area contributed by atoms with Gasteiger partial charge in [0.2, 0.25) is 0 Å². The number of nitrogens with one attached hydrogen (secondary N) is 1. The van der Waals surface area contributed by atoms with Crippen molar-refractivity contribution in [2.24, 2.45) is 11.7 Å². The van der Waals surface area contributed by atoms with E-state index in [0.717, 1.165) is 18.4 Å². The van der Waals surface area contributed by atoms with Crippen molar-refractivity contribution in [1.82, 2.24) is 0 Å². The molecule has 0 saturated heterocycles. The molecule has 1 atom stereocenters. The Kier molecular flexibility index (Phi) is 3.74. The van der Waals surface area contributed by atoms with E-state index in [9.17, 15) is 9.59 Å². The molecule has 1 fully saturated rings. The van der Waals surface area contributed by atoms with E-state index in [2.05, 4.69) is 5.32 Å². The van der Waals surface area contributed by atoms with E-state index in [1.807, 2.05) is 19.1 Å². The number of anilines is 1. The molecule has 0 radical (unpaired) electrons. The van der Waals surface area contributed by atoms with Gasteiger partial charge in [-0.2, -0.15) is 0 Å². The Morgan fingerprint density at radius 3 is 2.68 bits per heavy atom. The molecule has 0 bridgehead atoms. The summed E-state index contributed by atoms with van der Waals surface area (Å²) >= 11 is 0. The molecular weight excluding hydrogens is 244 g/mol. The van der Waals surface area contributed by atoms with Gasteiger partial charge in [0.25, 0.3) is 5.91 Å². The number of carbonyl (C=O) groups excluding carboxylic acids is 1. The summed E-state index contributed by atoms with van der Waals surface area (Å²) in [6, 6.07) is 5.17. The summed E-state index contributed by atoms with van der Waals surface area (Å²) in [5.74, 6) is -0.970. The van der Waals surface area contributed by atoms with Crippen LogP contribution in [0.2, 0.25) is 0 Å². The summed E-state index contributed by atoms with van der Waals surface area (Å²) in [6.07, 6.45) is 2.11. The number of hydrogen-bond donors (Lipinski definition) is 3. The Labute approximate surface area is 111 Å². The molecule has 2 rings (SSSR count). The molecule has 0 spiro atoms. The average molecular weight is 262 g/mol. The molecule has 1 amide bonds. The zero-order valence-corrected chi connectivity index (χ0v) is 10.8. The Balaban J connectivity index is 2.22. The standard InChI is InChI=1S/C14H18N2O3/c1-8-2-5-10(14(15)19)12(6-8)16-11(7-13(17)18)9-3-4-9/h2,5-6,9,11,16H,3-4,7H2,1H3,(H2,15,19)(H,17,18). The van der Waals surface area contributed by atoms with E-state index in [-0.39, 0.29) is 12.5 Å². The number of hydrogen-bond acceptors (Lipinski definition) is 3. The molecule has 1 aliphatic carbocycles. The lowest BCUT2D eigenvalue weighted by Gasteiger charge is -2.19. The normalized spacial score (nSPS) is 15.8. The van der Waals surface area contributed by atoms with E-state index < -0.39 is 11.9 Å². The predicted octanol–water partition coefficient (Wildman–Crippen LogP) is 1.76. The first-order valence-corrected chi connectivity index (χ1v) is 6.36. The summed E-state index contributed by atoms with van der Waals surface area (Å²) < 4.78 is 0. The van der Waals surface area contributed by atoms with E-state index in [1.54, 1.807) is 6.07 Å². The van der Waals surface area contributed by atoms with Crippen molar-refractivity contribution >= 4 is 17.6 Å². The van der Waals surface area contributed by atoms with Crippen molar-refractivity contribution in [3.05, 3.63) is 29.3 Å². The SMILES string of the molecule is Cc1ccc(C(N)=O)c(NC(CC(=O)O)C2CC2)c1. The third kappa shape index (κ3) is 3.47. The fraction of sp³-hybridized carbons (Fsp3) is 0.429. The van der Waals surface area contributed by atoms with Crippen molar-refractivity contribution in [2.75, 3.05) is 5.32 Å². The second-order valence-electron chi connectivity index (χ2n) is 5.10. The number of nitrogens with two attached hydrogens (primary N) is 1. The third-order valence-electron chi connectivity index (χ3n) is 3.37. The van der Waals surface area contributed by atoms with Gasteiger partial charge in [-0.25, -0.2) is 0 Å². The number of benzene rings is 1. The lowest BCUT2D eigenvalue weighted by molar-refractivity contribution is -0.137. The molecule has 1 aromatic rings. The monoisotopic (exact) mass is 262 g/mol. The van der Waals surface area contributed by atoms with Crippen LogP contribution in [0, 0.1) is 12.8 Å². The molecular formula is C14H18N2O3. The maximum absolute atomic E-state index is 11.4. The van der Waals surface area contributed by atoms with Crippen LogP contribution in [0.4, 0.5) is 5.69 Å². The van der Waals surface area contributed by atoms with Crippen LogP contribution in [0.1, 0.15) is 35.2 Å². The highest BCUT2D eigenvalue weighted by atomic mass is 16.4. The lowest BCUT2D eigenvalue weighted by Crippen LogP contribution is -2.27. The fourth-order valence-electron chi connectivity index (χ4n) is 2.21. The van der Waals surface area contributed by atoms with Crippen LogP contribution < -0.4 is 11.1 Å². The van der Waals surface area contributed by atoms with Crippen LogP contribution in [-0.2, 0) is 4.79 Å². The Morgan fingerprint density at radius 1 is 1.47 bits per heavy atom. The van der Waals surface area contributed by atoms with Gasteiger partial charge in [-0.15, -0.1) is 0 Å². The molecule has 19 heavy (non-hydrogen) atoms. The van der Waals surface area contributed by atoms with Crippen molar-refractivity contribution in [3.63, 3.8) is 0 Å². The van der Waals surface area contributed by atoms with E-state index in [0.29, 0.717) is 17.2 Å². The van der Waals surface area contributed by atoms with Gasteiger partial charge in [-0.1, -0.05) is 6.07 Å². The topological polar surface area (TPSA) is 92.4 Å². The molecule has 0 heterocycles. The molecule has 1 aliphatic rings. The van der Waals surface area contributed by atoms with Crippen molar-refractivity contribution in [2.45, 2.75) is 32.2 Å². The van der Waals surface area contributed by atoms with Crippen LogP contribution in [0.5, 0.6) is 0 Å². The highest BCUT2D eigenvalue weighted by Crippen LogP contribution is 2.36. The zero-order chi connectivity index (χ0) is 14.0. The summed E-state index contributed by atoms with van der Waals surface area (Å²) in [6.45, 7) is 1.92. The van der Waals surface area contributed by atoms with Gasteiger partial charge >= 0.3 is 5.97 Å². The van der Waals surface area contributed by atoms with E-state index in [4.69, 9.17) is 10.8 Å². The minimum absolute atomic E-state index is 0.0524. The first kappa shape index (κ1) is 13.4. The zero-order valence-electron chi connectivity index (χ0n) is 10.8. The minimum Gasteiger partial charge on any atom is -0.481 e. The smallest absolute Gasteiger partial charge is 0.305 e. The Morgan fingerprint density at radius 2 is 2.16 bits per heavy atom. The molecule has 1 unspecified atom stereocenters. The van der Waals surface area contributed by atoms with E-state index in [1.165, 1.54) is 0 Å². The van der Waals surface area contributed by atoms with Gasteiger partial charge in [-0.05, 0) is 43.4 Å². The van der Waals surface area contributed by atoms with Crippen molar-refractivity contribution < 1.29 is 14.7 Å². The number of primary amides is 1. The minimum atomic E-state index is -0.835. The molecule has 5 nitrogen and oxygen atoms in total. The number of carboxylic acid groups (broad SMARTS) is 1. The van der Waals surface area contributed by atoms with Crippen molar-refractivity contribution in [1.29, 1.82) is 0 Å². The summed E-state index contributed by atoms with van der Waals surface area (Å²) in [7, 11) is 0. The second kappa shape index (κ2) is 5.30. The van der Waals surface area contributed by atoms with Gasteiger partial charge in [0.15, 0.2) is 0 Å².